The number of guanidine groups is 1. The van der Waals surface area contributed by atoms with Crippen molar-refractivity contribution in [2.45, 2.75) is 95.9 Å². The number of anilines is 1. The Morgan fingerprint density at radius 2 is 1.67 bits per heavy atom. The molecule has 0 aromatic carbocycles. The van der Waals surface area contributed by atoms with E-state index in [1.165, 1.54) is 64.2 Å². The highest BCUT2D eigenvalue weighted by atomic mass is 32.1. The lowest BCUT2D eigenvalue weighted by Crippen LogP contribution is -2.46. The van der Waals surface area contributed by atoms with E-state index in [-0.39, 0.29) is 5.96 Å². The van der Waals surface area contributed by atoms with E-state index in [9.17, 15) is 0 Å². The molecule has 9 heteroatoms. The van der Waals surface area contributed by atoms with E-state index >= 15 is 0 Å². The smallest absolute Gasteiger partial charge is 0.211 e. The number of thiocarbonyl (C=S) groups is 1. The molecule has 1 heterocycles. The second-order valence-electron chi connectivity index (χ2n) is 10.0. The topological polar surface area (TPSA) is 103 Å². The molecule has 2 saturated carbocycles. The largest absolute Gasteiger partial charge is 0.369 e. The molecule has 0 radical (unpaired) electrons. The number of nitrogens with one attached hydrogen (secondary N) is 1. The minimum Gasteiger partial charge on any atom is -0.369 e. The van der Waals surface area contributed by atoms with Gasteiger partial charge in [0.25, 0.3) is 0 Å². The fraction of sp³-hybridized carbons (Fsp3) is 0.704. The van der Waals surface area contributed by atoms with Crippen LogP contribution in [0.1, 0.15) is 89.9 Å². The summed E-state index contributed by atoms with van der Waals surface area (Å²) in [6, 6.07) is 4.23. The highest BCUT2D eigenvalue weighted by Gasteiger charge is 2.20. The number of rotatable bonds is 12. The summed E-state index contributed by atoms with van der Waals surface area (Å²) in [5.74, 6) is 0.864. The Morgan fingerprint density at radius 3 is 2.33 bits per heavy atom. The Kier molecular flexibility index (Phi) is 12.8. The average Bonchev–Trinajstić information content (AvgIpc) is 2.91. The van der Waals surface area contributed by atoms with Gasteiger partial charge in [0.1, 0.15) is 0 Å². The van der Waals surface area contributed by atoms with Crippen molar-refractivity contribution < 1.29 is 4.84 Å². The van der Waals surface area contributed by atoms with Crippen molar-refractivity contribution in [1.29, 1.82) is 5.26 Å². The summed E-state index contributed by atoms with van der Waals surface area (Å²) >= 11 is 5.79. The number of unbranched alkanes of at least 4 members (excludes halogenated alkanes) is 3. The van der Waals surface area contributed by atoms with Gasteiger partial charge in [-0.05, 0) is 68.8 Å². The number of nitrogens with two attached hydrogens (primary N) is 1. The molecule has 36 heavy (non-hydrogen) atoms. The summed E-state index contributed by atoms with van der Waals surface area (Å²) < 4.78 is 0. The van der Waals surface area contributed by atoms with Crippen molar-refractivity contribution in [3.8, 4) is 6.19 Å². The van der Waals surface area contributed by atoms with Crippen molar-refractivity contribution >= 4 is 29.0 Å². The molecular weight excluding hydrogens is 470 g/mol. The number of hydrogen-bond acceptors (Lipinski definition) is 5. The molecule has 0 atom stereocenters. The third kappa shape index (κ3) is 9.90. The second-order valence-corrected chi connectivity index (χ2v) is 10.4. The molecular formula is C27H43N7OS. The zero-order valence-corrected chi connectivity index (χ0v) is 22.4. The van der Waals surface area contributed by atoms with Gasteiger partial charge in [0.05, 0.1) is 6.61 Å². The van der Waals surface area contributed by atoms with Gasteiger partial charge < -0.3 is 16.0 Å². The molecule has 8 nitrogen and oxygen atoms in total. The van der Waals surface area contributed by atoms with Crippen molar-refractivity contribution in [3.63, 3.8) is 0 Å². The number of aliphatic imine (C=N–C) groups is 1. The molecule has 0 saturated heterocycles. The van der Waals surface area contributed by atoms with E-state index in [2.05, 4.69) is 15.3 Å². The lowest BCUT2D eigenvalue weighted by molar-refractivity contribution is -0.118. The molecule has 0 bridgehead atoms. The number of pyridine rings is 1. The predicted molar refractivity (Wildman–Crippen MR) is 149 cm³/mol. The van der Waals surface area contributed by atoms with E-state index < -0.39 is 0 Å². The van der Waals surface area contributed by atoms with Gasteiger partial charge in [-0.3, -0.25) is 9.82 Å². The van der Waals surface area contributed by atoms with Gasteiger partial charge in [0.15, 0.2) is 5.11 Å². The SMILES string of the molecule is N#CN=C(N)N(CCCCCCN(OCC1CCCCC1)C(=S)NC1CCCCC1)c1ccncc1. The van der Waals surface area contributed by atoms with Gasteiger partial charge in [-0.15, -0.1) is 4.99 Å². The summed E-state index contributed by atoms with van der Waals surface area (Å²) in [5, 5.41) is 15.2. The maximum Gasteiger partial charge on any atom is 0.211 e. The van der Waals surface area contributed by atoms with E-state index in [1.807, 2.05) is 22.1 Å². The molecule has 1 aromatic rings. The van der Waals surface area contributed by atoms with Crippen LogP contribution in [0.3, 0.4) is 0 Å². The minimum atomic E-state index is 0.213. The van der Waals surface area contributed by atoms with E-state index in [0.717, 1.165) is 49.6 Å². The first kappa shape index (κ1) is 28.1. The normalized spacial score (nSPS) is 17.4. The van der Waals surface area contributed by atoms with Crippen LogP contribution in [0.2, 0.25) is 0 Å². The molecule has 1 aromatic heterocycles. The number of nitrogens with zero attached hydrogens (tertiary/aromatic N) is 5. The van der Waals surface area contributed by atoms with Crippen LogP contribution < -0.4 is 16.0 Å². The Hall–Kier alpha value is -2.44. The monoisotopic (exact) mass is 513 g/mol. The van der Waals surface area contributed by atoms with E-state index in [0.29, 0.717) is 18.5 Å². The van der Waals surface area contributed by atoms with Crippen LogP contribution in [0.25, 0.3) is 0 Å². The van der Waals surface area contributed by atoms with Crippen LogP contribution in [-0.2, 0) is 4.84 Å². The molecule has 2 aliphatic carbocycles. The van der Waals surface area contributed by atoms with Gasteiger partial charge in [-0.1, -0.05) is 51.4 Å². The molecule has 2 fully saturated rings. The number of nitriles is 1. The lowest BCUT2D eigenvalue weighted by atomic mass is 9.90. The van der Waals surface area contributed by atoms with Gasteiger partial charge in [-0.25, -0.2) is 5.06 Å². The molecule has 198 valence electrons. The molecule has 0 spiro atoms. The zero-order chi connectivity index (χ0) is 25.4. The molecule has 0 aliphatic heterocycles. The van der Waals surface area contributed by atoms with Crippen LogP contribution in [0, 0.1) is 17.4 Å². The maximum atomic E-state index is 8.91. The summed E-state index contributed by atoms with van der Waals surface area (Å²) in [5.41, 5.74) is 6.93. The Labute approximate surface area is 222 Å². The Morgan fingerprint density at radius 1 is 1.03 bits per heavy atom. The average molecular weight is 514 g/mol. The first-order chi connectivity index (χ1) is 17.7. The van der Waals surface area contributed by atoms with Gasteiger partial charge >= 0.3 is 0 Å². The molecule has 0 unspecified atom stereocenters. The summed E-state index contributed by atoms with van der Waals surface area (Å²) in [6.45, 7) is 2.27. The molecule has 2 aliphatic rings. The number of hydroxylamine groups is 2. The predicted octanol–water partition coefficient (Wildman–Crippen LogP) is 5.27. The second kappa shape index (κ2) is 16.3. The van der Waals surface area contributed by atoms with Crippen molar-refractivity contribution in [2.24, 2.45) is 16.6 Å². The highest BCUT2D eigenvalue weighted by molar-refractivity contribution is 7.80. The minimum absolute atomic E-state index is 0.213. The van der Waals surface area contributed by atoms with Crippen molar-refractivity contribution in [3.05, 3.63) is 24.5 Å². The van der Waals surface area contributed by atoms with E-state index in [1.54, 1.807) is 18.6 Å². The molecule has 3 rings (SSSR count). The number of hydrogen-bond donors (Lipinski definition) is 2. The van der Waals surface area contributed by atoms with Crippen molar-refractivity contribution in [1.82, 2.24) is 15.4 Å². The third-order valence-electron chi connectivity index (χ3n) is 7.26. The molecule has 0 amide bonds. The number of aromatic nitrogens is 1. The van der Waals surface area contributed by atoms with Gasteiger partial charge in [0.2, 0.25) is 12.2 Å². The Balaban J connectivity index is 1.44. The summed E-state index contributed by atoms with van der Waals surface area (Å²) in [4.78, 5) is 16.0. The van der Waals surface area contributed by atoms with Crippen molar-refractivity contribution in [2.75, 3.05) is 24.6 Å². The molecule has 3 N–H and O–H groups in total. The fourth-order valence-corrected chi connectivity index (χ4v) is 5.47. The van der Waals surface area contributed by atoms with Gasteiger partial charge in [-0.2, -0.15) is 5.26 Å². The van der Waals surface area contributed by atoms with Crippen LogP contribution in [0.5, 0.6) is 0 Å². The summed E-state index contributed by atoms with van der Waals surface area (Å²) in [7, 11) is 0. The third-order valence-corrected chi connectivity index (χ3v) is 7.58. The van der Waals surface area contributed by atoms with Gasteiger partial charge in [0, 0.05) is 37.2 Å². The van der Waals surface area contributed by atoms with Crippen LogP contribution in [-0.4, -0.2) is 46.9 Å². The summed E-state index contributed by atoms with van der Waals surface area (Å²) in [6.07, 6.45) is 22.1. The highest BCUT2D eigenvalue weighted by Crippen LogP contribution is 2.24. The quantitative estimate of drug-likeness (QED) is 0.0974. The lowest BCUT2D eigenvalue weighted by Gasteiger charge is -2.31. The maximum absolute atomic E-state index is 8.91. The standard InChI is InChI=1S/C27H43N7OS/c28-22-31-26(29)33(25-15-17-30-18-16-25)19-9-1-2-10-20-34(35-21-23-11-5-3-6-12-23)27(36)32-24-13-7-4-8-14-24/h15-18,23-24H,1-14,19-21H2,(H2,29,31)(H,32,36). The zero-order valence-electron chi connectivity index (χ0n) is 21.6. The first-order valence-corrected chi connectivity index (χ1v) is 14.2. The first-order valence-electron chi connectivity index (χ1n) is 13.8. The van der Waals surface area contributed by atoms with Crippen LogP contribution in [0.15, 0.2) is 29.5 Å². The van der Waals surface area contributed by atoms with E-state index in [4.69, 9.17) is 28.1 Å². The van der Waals surface area contributed by atoms with Crippen LogP contribution >= 0.6 is 12.2 Å². The van der Waals surface area contributed by atoms with Crippen LogP contribution in [0.4, 0.5) is 5.69 Å². The Bertz CT molecular complexity index is 832. The fourth-order valence-electron chi connectivity index (χ4n) is 5.16.